The molecule has 0 saturated heterocycles. The van der Waals surface area contributed by atoms with Crippen molar-refractivity contribution in [3.05, 3.63) is 18.2 Å². The van der Waals surface area contributed by atoms with Gasteiger partial charge in [-0.15, -0.1) is 11.8 Å². The Kier molecular flexibility index (Phi) is 5.66. The van der Waals surface area contributed by atoms with Crippen molar-refractivity contribution in [3.8, 4) is 0 Å². The van der Waals surface area contributed by atoms with Crippen LogP contribution in [0, 0.1) is 0 Å². The summed E-state index contributed by atoms with van der Waals surface area (Å²) >= 11 is 1.47. The van der Waals surface area contributed by atoms with Crippen LogP contribution in [0.3, 0.4) is 0 Å². The molecule has 0 aromatic heterocycles. The van der Waals surface area contributed by atoms with Crippen LogP contribution >= 0.6 is 11.8 Å². The van der Waals surface area contributed by atoms with E-state index in [-0.39, 0.29) is 22.4 Å². The zero-order valence-corrected chi connectivity index (χ0v) is 13.0. The van der Waals surface area contributed by atoms with Gasteiger partial charge < -0.3 is 10.8 Å². The van der Waals surface area contributed by atoms with Crippen molar-refractivity contribution in [1.82, 2.24) is 4.31 Å². The molecule has 1 aromatic rings. The molecule has 0 spiro atoms. The maximum atomic E-state index is 12.1. The summed E-state index contributed by atoms with van der Waals surface area (Å²) in [7, 11) is -0.582. The highest BCUT2D eigenvalue weighted by atomic mass is 32.2. The van der Waals surface area contributed by atoms with Crippen LogP contribution in [0.15, 0.2) is 28.0 Å². The van der Waals surface area contributed by atoms with Crippen molar-refractivity contribution in [1.29, 1.82) is 0 Å². The van der Waals surface area contributed by atoms with Crippen molar-refractivity contribution in [2.24, 2.45) is 0 Å². The molecule has 0 aliphatic rings. The summed E-state index contributed by atoms with van der Waals surface area (Å²) in [6.45, 7) is 2.07. The molecule has 0 bridgehead atoms. The zero-order valence-electron chi connectivity index (χ0n) is 11.3. The smallest absolute Gasteiger partial charge is 0.244 e. The van der Waals surface area contributed by atoms with E-state index in [1.54, 1.807) is 12.1 Å². The molecule has 5 nitrogen and oxygen atoms in total. The Morgan fingerprint density at radius 2 is 2.05 bits per heavy atom. The molecular weight excluding hydrogens is 284 g/mol. The second-order valence-corrected chi connectivity index (χ2v) is 8.00. The number of nitrogens with zero attached hydrogens (tertiary/aromatic N) is 1. The minimum absolute atomic E-state index is 0.101. The van der Waals surface area contributed by atoms with Gasteiger partial charge in [-0.05, 0) is 18.6 Å². The molecule has 0 aliphatic heterocycles. The van der Waals surface area contributed by atoms with Crippen molar-refractivity contribution in [2.75, 3.05) is 26.4 Å². The topological polar surface area (TPSA) is 83.6 Å². The van der Waals surface area contributed by atoms with Gasteiger partial charge in [0.2, 0.25) is 10.0 Å². The predicted molar refractivity (Wildman–Crippen MR) is 78.7 cm³/mol. The van der Waals surface area contributed by atoms with E-state index >= 15 is 0 Å². The monoisotopic (exact) mass is 304 g/mol. The highest BCUT2D eigenvalue weighted by Gasteiger charge is 2.22. The minimum atomic E-state index is -3.53. The van der Waals surface area contributed by atoms with E-state index in [0.29, 0.717) is 6.42 Å². The van der Waals surface area contributed by atoms with Crippen molar-refractivity contribution >= 4 is 27.5 Å². The maximum Gasteiger partial charge on any atom is 0.244 e. The van der Waals surface area contributed by atoms with E-state index in [2.05, 4.69) is 0 Å². The average Bonchev–Trinajstić information content (AvgIpc) is 2.31. The van der Waals surface area contributed by atoms with Gasteiger partial charge >= 0.3 is 0 Å². The van der Waals surface area contributed by atoms with Crippen molar-refractivity contribution < 1.29 is 13.5 Å². The number of rotatable bonds is 6. The minimum Gasteiger partial charge on any atom is -0.397 e. The molecule has 3 N–H and O–H groups in total. The molecular formula is C12H20N2O3S2. The lowest BCUT2D eigenvalue weighted by Gasteiger charge is -2.17. The third kappa shape index (κ3) is 3.85. The van der Waals surface area contributed by atoms with Gasteiger partial charge in [-0.1, -0.05) is 13.0 Å². The van der Waals surface area contributed by atoms with E-state index in [1.165, 1.54) is 31.9 Å². The molecule has 1 aromatic carbocycles. The summed E-state index contributed by atoms with van der Waals surface area (Å²) in [6.07, 6.45) is 0.634. The van der Waals surface area contributed by atoms with E-state index < -0.39 is 10.0 Å². The third-order valence-electron chi connectivity index (χ3n) is 2.65. The van der Waals surface area contributed by atoms with Crippen LogP contribution < -0.4 is 5.73 Å². The largest absolute Gasteiger partial charge is 0.397 e. The van der Waals surface area contributed by atoms with Gasteiger partial charge in [0.1, 0.15) is 4.90 Å². The standard InChI is InChI=1S/C12H20N2O3S2/c1-9(7-8-15)18-10-5-4-6-11(12(10)13)19(16,17)14(2)3/h4-6,9,15H,7-8,13H2,1-3H3. The molecule has 1 atom stereocenters. The van der Waals surface area contributed by atoms with Crippen LogP contribution in [-0.4, -0.2) is 43.8 Å². The van der Waals surface area contributed by atoms with Gasteiger partial charge in [-0.3, -0.25) is 0 Å². The average molecular weight is 304 g/mol. The fourth-order valence-corrected chi connectivity index (χ4v) is 3.65. The molecule has 1 rings (SSSR count). The lowest BCUT2D eigenvalue weighted by molar-refractivity contribution is 0.289. The molecule has 1 unspecified atom stereocenters. The third-order valence-corrected chi connectivity index (χ3v) is 5.77. The number of sulfonamides is 1. The predicted octanol–water partition coefficient (Wildman–Crippen LogP) is 1.38. The number of hydrogen-bond donors (Lipinski definition) is 2. The van der Waals surface area contributed by atoms with Crippen LogP contribution in [0.5, 0.6) is 0 Å². The normalized spacial score (nSPS) is 13.7. The lowest BCUT2D eigenvalue weighted by Crippen LogP contribution is -2.23. The first-order valence-corrected chi connectivity index (χ1v) is 8.21. The number of thioether (sulfide) groups is 1. The highest BCUT2D eigenvalue weighted by molar-refractivity contribution is 8.00. The van der Waals surface area contributed by atoms with Crippen molar-refractivity contribution in [3.63, 3.8) is 0 Å². The Labute approximate surface area is 118 Å². The molecule has 19 heavy (non-hydrogen) atoms. The molecule has 0 amide bonds. The van der Waals surface area contributed by atoms with E-state index in [9.17, 15) is 8.42 Å². The first kappa shape index (κ1) is 16.3. The second kappa shape index (κ2) is 6.60. The number of benzene rings is 1. The molecule has 0 fully saturated rings. The Morgan fingerprint density at radius 1 is 1.42 bits per heavy atom. The van der Waals surface area contributed by atoms with Crippen LogP contribution in [0.2, 0.25) is 0 Å². The van der Waals surface area contributed by atoms with E-state index in [0.717, 1.165) is 9.20 Å². The SMILES string of the molecule is CC(CCO)Sc1cccc(S(=O)(=O)N(C)C)c1N. The number of para-hydroxylation sites is 1. The first-order chi connectivity index (χ1) is 8.80. The van der Waals surface area contributed by atoms with Crippen LogP contribution in [-0.2, 0) is 10.0 Å². The van der Waals surface area contributed by atoms with Crippen LogP contribution in [0.1, 0.15) is 13.3 Å². The zero-order chi connectivity index (χ0) is 14.6. The first-order valence-electron chi connectivity index (χ1n) is 5.89. The number of aliphatic hydroxyl groups is 1. The Balaban J connectivity index is 3.13. The quantitative estimate of drug-likeness (QED) is 0.613. The molecule has 0 radical (unpaired) electrons. The lowest BCUT2D eigenvalue weighted by atomic mass is 10.3. The molecule has 0 aliphatic carbocycles. The number of anilines is 1. The number of nitrogen functional groups attached to an aromatic ring is 1. The summed E-state index contributed by atoms with van der Waals surface area (Å²) < 4.78 is 25.4. The molecule has 108 valence electrons. The Bertz CT molecular complexity index is 530. The van der Waals surface area contributed by atoms with Gasteiger partial charge in [0.05, 0.1) is 5.69 Å². The Hall–Kier alpha value is -0.760. The number of hydrogen-bond acceptors (Lipinski definition) is 5. The maximum absolute atomic E-state index is 12.1. The summed E-state index contributed by atoms with van der Waals surface area (Å²) in [5, 5.41) is 9.06. The number of aliphatic hydroxyl groups excluding tert-OH is 1. The van der Waals surface area contributed by atoms with Crippen molar-refractivity contribution in [2.45, 2.75) is 28.4 Å². The highest BCUT2D eigenvalue weighted by Crippen LogP contribution is 2.34. The molecule has 0 heterocycles. The molecule has 7 heteroatoms. The Morgan fingerprint density at radius 3 is 2.58 bits per heavy atom. The van der Waals surface area contributed by atoms with E-state index in [4.69, 9.17) is 10.8 Å². The van der Waals surface area contributed by atoms with Gasteiger partial charge in [0, 0.05) is 30.8 Å². The van der Waals surface area contributed by atoms with Gasteiger partial charge in [0.15, 0.2) is 0 Å². The van der Waals surface area contributed by atoms with Gasteiger partial charge in [0.25, 0.3) is 0 Å². The summed E-state index contributed by atoms with van der Waals surface area (Å²) in [4.78, 5) is 0.850. The van der Waals surface area contributed by atoms with E-state index in [1.807, 2.05) is 6.92 Å². The second-order valence-electron chi connectivity index (χ2n) is 4.40. The van der Waals surface area contributed by atoms with Gasteiger partial charge in [-0.2, -0.15) is 0 Å². The van der Waals surface area contributed by atoms with Crippen LogP contribution in [0.25, 0.3) is 0 Å². The fraction of sp³-hybridized carbons (Fsp3) is 0.500. The molecule has 0 saturated carbocycles. The van der Waals surface area contributed by atoms with Gasteiger partial charge in [-0.25, -0.2) is 12.7 Å². The number of nitrogens with two attached hydrogens (primary N) is 1. The summed E-state index contributed by atoms with van der Waals surface area (Å²) in [5.74, 6) is 0. The fourth-order valence-electron chi connectivity index (χ4n) is 1.51. The van der Waals surface area contributed by atoms with Crippen LogP contribution in [0.4, 0.5) is 5.69 Å². The summed E-state index contributed by atoms with van der Waals surface area (Å²) in [5.41, 5.74) is 6.23. The summed E-state index contributed by atoms with van der Waals surface area (Å²) in [6, 6.07) is 4.98.